The highest BCUT2D eigenvalue weighted by Gasteiger charge is 2.21. The summed E-state index contributed by atoms with van der Waals surface area (Å²) in [5, 5.41) is 1.32. The van der Waals surface area contributed by atoms with Gasteiger partial charge in [0.25, 0.3) is 0 Å². The van der Waals surface area contributed by atoms with Gasteiger partial charge in [0.15, 0.2) is 4.88 Å². The number of halogens is 1. The summed E-state index contributed by atoms with van der Waals surface area (Å²) in [7, 11) is 0. The third kappa shape index (κ3) is 4.18. The molecule has 0 aliphatic heterocycles. The highest BCUT2D eigenvalue weighted by atomic mass is 35.5. The molecule has 4 nitrogen and oxygen atoms in total. The fourth-order valence-corrected chi connectivity index (χ4v) is 3.30. The maximum absolute atomic E-state index is 12.2. The van der Waals surface area contributed by atoms with Crippen LogP contribution in [0.5, 0.6) is 5.88 Å². The van der Waals surface area contributed by atoms with Gasteiger partial charge in [-0.05, 0) is 13.0 Å². The van der Waals surface area contributed by atoms with Crippen molar-refractivity contribution in [1.29, 1.82) is 0 Å². The molecule has 0 amide bonds. The van der Waals surface area contributed by atoms with E-state index in [-0.39, 0.29) is 12.5 Å². The van der Waals surface area contributed by atoms with Gasteiger partial charge in [-0.2, -0.15) is 0 Å². The van der Waals surface area contributed by atoms with Crippen LogP contribution in [0.15, 0.2) is 54.6 Å². The van der Waals surface area contributed by atoms with Crippen molar-refractivity contribution in [1.82, 2.24) is 4.98 Å². The van der Waals surface area contributed by atoms with E-state index in [1.165, 1.54) is 11.3 Å². The fourth-order valence-electron chi connectivity index (χ4n) is 2.20. The van der Waals surface area contributed by atoms with E-state index in [0.29, 0.717) is 21.5 Å². The summed E-state index contributed by atoms with van der Waals surface area (Å²) in [5.41, 5.74) is 1.75. The molecule has 0 aliphatic carbocycles. The Bertz CT molecular complexity index is 864. The van der Waals surface area contributed by atoms with E-state index in [1.807, 2.05) is 48.5 Å². The molecule has 0 radical (unpaired) electrons. The Balaban J connectivity index is 1.89. The van der Waals surface area contributed by atoms with Crippen LogP contribution in [0.4, 0.5) is 0 Å². The molecule has 0 fully saturated rings. The van der Waals surface area contributed by atoms with E-state index < -0.39 is 5.97 Å². The highest BCUT2D eigenvalue weighted by molar-refractivity contribution is 7.17. The lowest BCUT2D eigenvalue weighted by atomic mass is 10.2. The van der Waals surface area contributed by atoms with Crippen molar-refractivity contribution in [3.05, 3.63) is 70.1 Å². The van der Waals surface area contributed by atoms with Gasteiger partial charge in [0.1, 0.15) is 11.6 Å². The topological polar surface area (TPSA) is 48.4 Å². The molecule has 128 valence electrons. The Kier molecular flexibility index (Phi) is 5.68. The first-order valence-electron chi connectivity index (χ1n) is 7.78. The summed E-state index contributed by atoms with van der Waals surface area (Å²) in [6, 6.07) is 17.0. The number of carbonyl (C=O) groups is 1. The Morgan fingerprint density at radius 1 is 1.12 bits per heavy atom. The number of benzene rings is 2. The summed E-state index contributed by atoms with van der Waals surface area (Å²) in [4.78, 5) is 17.1. The van der Waals surface area contributed by atoms with Crippen LogP contribution in [0.2, 0.25) is 5.02 Å². The van der Waals surface area contributed by atoms with E-state index in [2.05, 4.69) is 4.98 Å². The van der Waals surface area contributed by atoms with Crippen LogP contribution in [-0.4, -0.2) is 17.6 Å². The molecule has 6 heteroatoms. The van der Waals surface area contributed by atoms with Gasteiger partial charge >= 0.3 is 5.97 Å². The van der Waals surface area contributed by atoms with Gasteiger partial charge in [-0.15, -0.1) is 11.3 Å². The number of esters is 1. The number of ether oxygens (including phenoxy) is 2. The fraction of sp³-hybridized carbons (Fsp3) is 0.158. The highest BCUT2D eigenvalue weighted by Crippen LogP contribution is 2.33. The molecule has 3 rings (SSSR count). The van der Waals surface area contributed by atoms with Crippen molar-refractivity contribution in [2.45, 2.75) is 13.5 Å². The Hall–Kier alpha value is -2.37. The number of rotatable bonds is 6. The van der Waals surface area contributed by atoms with Gasteiger partial charge in [-0.3, -0.25) is 0 Å². The summed E-state index contributed by atoms with van der Waals surface area (Å²) in [6.07, 6.45) is 0. The van der Waals surface area contributed by atoms with Crippen LogP contribution in [0.1, 0.15) is 22.2 Å². The minimum absolute atomic E-state index is 0.226. The second kappa shape index (κ2) is 8.14. The predicted octanol–water partition coefficient (Wildman–Crippen LogP) is 5.22. The third-order valence-corrected chi connectivity index (χ3v) is 4.83. The first kappa shape index (κ1) is 17.5. The number of thiazole rings is 1. The number of hydrogen-bond donors (Lipinski definition) is 0. The van der Waals surface area contributed by atoms with Crippen molar-refractivity contribution in [2.75, 3.05) is 6.61 Å². The first-order chi connectivity index (χ1) is 12.2. The molecule has 0 spiro atoms. The quantitative estimate of drug-likeness (QED) is 0.556. The lowest BCUT2D eigenvalue weighted by Gasteiger charge is -2.06. The van der Waals surface area contributed by atoms with Gasteiger partial charge in [-0.1, -0.05) is 60.1 Å². The molecule has 0 atom stereocenters. The van der Waals surface area contributed by atoms with Crippen molar-refractivity contribution < 1.29 is 14.3 Å². The van der Waals surface area contributed by atoms with Crippen molar-refractivity contribution >= 4 is 28.9 Å². The van der Waals surface area contributed by atoms with Gasteiger partial charge < -0.3 is 9.47 Å². The van der Waals surface area contributed by atoms with Crippen LogP contribution in [0, 0.1) is 0 Å². The maximum Gasteiger partial charge on any atom is 0.354 e. The average Bonchev–Trinajstić information content (AvgIpc) is 3.06. The molecule has 1 aromatic heterocycles. The summed E-state index contributed by atoms with van der Waals surface area (Å²) < 4.78 is 10.9. The van der Waals surface area contributed by atoms with E-state index in [1.54, 1.807) is 13.0 Å². The molecule has 0 saturated heterocycles. The summed E-state index contributed by atoms with van der Waals surface area (Å²) >= 11 is 7.41. The average molecular weight is 374 g/mol. The molecule has 1 heterocycles. The molecule has 0 bridgehead atoms. The van der Waals surface area contributed by atoms with Gasteiger partial charge in [0, 0.05) is 16.1 Å². The zero-order chi connectivity index (χ0) is 17.6. The monoisotopic (exact) mass is 373 g/mol. The number of aromatic nitrogens is 1. The first-order valence-corrected chi connectivity index (χ1v) is 8.98. The SMILES string of the molecule is CCOC(=O)c1sc(-c2ccccc2)nc1OCc1ccccc1Cl. The molecule has 0 aliphatic rings. The lowest BCUT2D eigenvalue weighted by Crippen LogP contribution is -2.06. The molecule has 25 heavy (non-hydrogen) atoms. The van der Waals surface area contributed by atoms with Crippen molar-refractivity contribution in [2.24, 2.45) is 0 Å². The van der Waals surface area contributed by atoms with E-state index in [4.69, 9.17) is 21.1 Å². The van der Waals surface area contributed by atoms with Crippen LogP contribution >= 0.6 is 22.9 Å². The zero-order valence-electron chi connectivity index (χ0n) is 13.6. The summed E-state index contributed by atoms with van der Waals surface area (Å²) in [5.74, 6) is -0.168. The normalized spacial score (nSPS) is 10.5. The molecular formula is C19H16ClNO3S. The molecule has 3 aromatic rings. The number of carbonyl (C=O) groups excluding carboxylic acids is 1. The summed E-state index contributed by atoms with van der Waals surface area (Å²) in [6.45, 7) is 2.28. The molecule has 0 saturated carbocycles. The van der Waals surface area contributed by atoms with Gasteiger partial charge in [0.05, 0.1) is 6.61 Å². The van der Waals surface area contributed by atoms with Crippen molar-refractivity contribution in [3.8, 4) is 16.5 Å². The van der Waals surface area contributed by atoms with Crippen LogP contribution in [0.3, 0.4) is 0 Å². The third-order valence-electron chi connectivity index (χ3n) is 3.40. The van der Waals surface area contributed by atoms with Crippen LogP contribution in [-0.2, 0) is 11.3 Å². The van der Waals surface area contributed by atoms with Gasteiger partial charge in [-0.25, -0.2) is 9.78 Å². The second-order valence-corrected chi connectivity index (χ2v) is 6.53. The van der Waals surface area contributed by atoms with Crippen LogP contribution < -0.4 is 4.74 Å². The largest absolute Gasteiger partial charge is 0.472 e. The van der Waals surface area contributed by atoms with E-state index >= 15 is 0 Å². The van der Waals surface area contributed by atoms with E-state index in [0.717, 1.165) is 11.1 Å². The standard InChI is InChI=1S/C19H16ClNO3S/c1-2-23-19(22)16-17(24-12-14-10-6-7-11-15(14)20)21-18(25-16)13-8-4-3-5-9-13/h3-11H,2,12H2,1H3. The van der Waals surface area contributed by atoms with Crippen LogP contribution in [0.25, 0.3) is 10.6 Å². The molecular weight excluding hydrogens is 358 g/mol. The maximum atomic E-state index is 12.2. The molecule has 0 N–H and O–H groups in total. The zero-order valence-corrected chi connectivity index (χ0v) is 15.1. The number of nitrogens with zero attached hydrogens (tertiary/aromatic N) is 1. The van der Waals surface area contributed by atoms with Gasteiger partial charge in [0.2, 0.25) is 5.88 Å². The Morgan fingerprint density at radius 2 is 1.84 bits per heavy atom. The van der Waals surface area contributed by atoms with E-state index in [9.17, 15) is 4.79 Å². The Morgan fingerprint density at radius 3 is 2.56 bits per heavy atom. The smallest absolute Gasteiger partial charge is 0.354 e. The molecule has 2 aromatic carbocycles. The second-order valence-electron chi connectivity index (χ2n) is 5.12. The predicted molar refractivity (Wildman–Crippen MR) is 99.3 cm³/mol. The lowest BCUT2D eigenvalue weighted by molar-refractivity contribution is 0.0526. The number of hydrogen-bond acceptors (Lipinski definition) is 5. The minimum Gasteiger partial charge on any atom is -0.472 e. The van der Waals surface area contributed by atoms with Crippen molar-refractivity contribution in [3.63, 3.8) is 0 Å². The molecule has 0 unspecified atom stereocenters. The Labute approximate surface area is 155 Å². The minimum atomic E-state index is -0.434.